The molecule has 0 N–H and O–H groups in total. The summed E-state index contributed by atoms with van der Waals surface area (Å²) in [6.07, 6.45) is 3.36. The van der Waals surface area contributed by atoms with Gasteiger partial charge in [0, 0.05) is 23.9 Å². The number of Topliss-reactive ketones (excluding diaryl/α,β-unsaturated/α-hetero) is 1. The predicted octanol–water partition coefficient (Wildman–Crippen LogP) is 4.04. The first-order valence-electron chi connectivity index (χ1n) is 6.24. The molecule has 1 aromatic rings. The van der Waals surface area contributed by atoms with Crippen LogP contribution in [0.1, 0.15) is 56.6 Å². The van der Waals surface area contributed by atoms with Crippen LogP contribution in [0.4, 0.5) is 0 Å². The van der Waals surface area contributed by atoms with E-state index < -0.39 is 0 Å². The lowest BCUT2D eigenvalue weighted by molar-refractivity contribution is 0.0954. The highest BCUT2D eigenvalue weighted by Crippen LogP contribution is 2.26. The van der Waals surface area contributed by atoms with Gasteiger partial charge in [-0.3, -0.25) is 9.78 Å². The van der Waals surface area contributed by atoms with Crippen molar-refractivity contribution in [3.63, 3.8) is 0 Å². The monoisotopic (exact) mass is 233 g/mol. The third-order valence-electron chi connectivity index (χ3n) is 2.73. The molecule has 0 saturated carbocycles. The molecule has 17 heavy (non-hydrogen) atoms. The van der Waals surface area contributed by atoms with Crippen LogP contribution in [0.25, 0.3) is 0 Å². The summed E-state index contributed by atoms with van der Waals surface area (Å²) in [6.45, 7) is 10.7. The van der Waals surface area contributed by atoms with Crippen LogP contribution in [0.2, 0.25) is 0 Å². The van der Waals surface area contributed by atoms with Crippen molar-refractivity contribution in [3.8, 4) is 0 Å². The van der Waals surface area contributed by atoms with E-state index in [-0.39, 0.29) is 11.2 Å². The Hall–Kier alpha value is -1.18. The standard InChI is InChI=1S/C15H23NO/c1-11(9-15(3,4)5)8-14(17)13-7-6-12(2)16-10-13/h6-7,10-11H,8-9H2,1-5H3. The van der Waals surface area contributed by atoms with Crippen molar-refractivity contribution in [2.75, 3.05) is 0 Å². The third-order valence-corrected chi connectivity index (χ3v) is 2.73. The maximum Gasteiger partial charge on any atom is 0.164 e. The number of rotatable bonds is 4. The molecule has 0 aromatic carbocycles. The molecule has 0 amide bonds. The van der Waals surface area contributed by atoms with E-state index in [0.29, 0.717) is 12.3 Å². The Labute approximate surface area is 104 Å². The molecule has 1 rings (SSSR count). The minimum atomic E-state index is 0.203. The first kappa shape index (κ1) is 13.9. The maximum absolute atomic E-state index is 12.0. The summed E-state index contributed by atoms with van der Waals surface area (Å²) in [5, 5.41) is 0. The fourth-order valence-electron chi connectivity index (χ4n) is 2.18. The largest absolute Gasteiger partial charge is 0.294 e. The van der Waals surface area contributed by atoms with E-state index in [0.717, 1.165) is 17.7 Å². The number of hydrogen-bond acceptors (Lipinski definition) is 2. The van der Waals surface area contributed by atoms with Crippen LogP contribution < -0.4 is 0 Å². The number of pyridine rings is 1. The van der Waals surface area contributed by atoms with Crippen LogP contribution in [0.3, 0.4) is 0 Å². The first-order chi connectivity index (χ1) is 7.78. The van der Waals surface area contributed by atoms with E-state index in [1.165, 1.54) is 0 Å². The number of carbonyl (C=O) groups is 1. The average molecular weight is 233 g/mol. The summed E-state index contributed by atoms with van der Waals surface area (Å²) in [4.78, 5) is 16.2. The Morgan fingerprint density at radius 2 is 2.00 bits per heavy atom. The number of aryl methyl sites for hydroxylation is 1. The van der Waals surface area contributed by atoms with E-state index in [4.69, 9.17) is 0 Å². The van der Waals surface area contributed by atoms with Crippen LogP contribution in [-0.4, -0.2) is 10.8 Å². The zero-order chi connectivity index (χ0) is 13.1. The van der Waals surface area contributed by atoms with Gasteiger partial charge in [-0.05, 0) is 36.8 Å². The summed E-state index contributed by atoms with van der Waals surface area (Å²) in [6, 6.07) is 3.76. The van der Waals surface area contributed by atoms with Crippen LogP contribution in [0, 0.1) is 18.3 Å². The van der Waals surface area contributed by atoms with Gasteiger partial charge in [0.1, 0.15) is 0 Å². The number of hydrogen-bond donors (Lipinski definition) is 0. The average Bonchev–Trinajstić information content (AvgIpc) is 2.15. The SMILES string of the molecule is Cc1ccc(C(=O)CC(C)CC(C)(C)C)cn1. The topological polar surface area (TPSA) is 30.0 Å². The molecule has 0 aliphatic heterocycles. The summed E-state index contributed by atoms with van der Waals surface area (Å²) in [7, 11) is 0. The molecule has 0 saturated heterocycles. The molecule has 0 aliphatic rings. The first-order valence-corrected chi connectivity index (χ1v) is 6.24. The Morgan fingerprint density at radius 1 is 1.35 bits per heavy atom. The van der Waals surface area contributed by atoms with Crippen molar-refractivity contribution >= 4 is 5.78 Å². The number of carbonyl (C=O) groups excluding carboxylic acids is 1. The Kier molecular flexibility index (Phi) is 4.44. The van der Waals surface area contributed by atoms with E-state index in [1.54, 1.807) is 6.20 Å². The zero-order valence-corrected chi connectivity index (χ0v) is 11.6. The number of aromatic nitrogens is 1. The molecule has 0 bridgehead atoms. The molecule has 0 spiro atoms. The van der Waals surface area contributed by atoms with Gasteiger partial charge in [0.2, 0.25) is 0 Å². The highest BCUT2D eigenvalue weighted by atomic mass is 16.1. The van der Waals surface area contributed by atoms with Gasteiger partial charge >= 0.3 is 0 Å². The Bertz CT molecular complexity index is 373. The quantitative estimate of drug-likeness (QED) is 0.735. The second kappa shape index (κ2) is 5.44. The highest BCUT2D eigenvalue weighted by molar-refractivity contribution is 5.95. The lowest BCUT2D eigenvalue weighted by atomic mass is 9.83. The van der Waals surface area contributed by atoms with Crippen molar-refractivity contribution in [3.05, 3.63) is 29.6 Å². The molecule has 2 nitrogen and oxygen atoms in total. The van der Waals surface area contributed by atoms with Crippen molar-refractivity contribution < 1.29 is 4.79 Å². The van der Waals surface area contributed by atoms with Crippen molar-refractivity contribution in [1.82, 2.24) is 4.98 Å². The summed E-state index contributed by atoms with van der Waals surface area (Å²) in [5.74, 6) is 0.623. The number of nitrogens with zero attached hydrogens (tertiary/aromatic N) is 1. The van der Waals surface area contributed by atoms with Gasteiger partial charge in [-0.15, -0.1) is 0 Å². The molecular formula is C15H23NO. The minimum absolute atomic E-state index is 0.203. The fourth-order valence-corrected chi connectivity index (χ4v) is 2.18. The van der Waals surface area contributed by atoms with Crippen LogP contribution in [0.5, 0.6) is 0 Å². The second-order valence-corrected chi connectivity index (χ2v) is 6.19. The minimum Gasteiger partial charge on any atom is -0.294 e. The molecular weight excluding hydrogens is 210 g/mol. The van der Waals surface area contributed by atoms with E-state index >= 15 is 0 Å². The molecule has 1 unspecified atom stereocenters. The summed E-state index contributed by atoms with van der Waals surface area (Å²) < 4.78 is 0. The van der Waals surface area contributed by atoms with E-state index in [2.05, 4.69) is 32.7 Å². The van der Waals surface area contributed by atoms with E-state index in [9.17, 15) is 4.79 Å². The Balaban J connectivity index is 2.57. The molecule has 0 fully saturated rings. The fraction of sp³-hybridized carbons (Fsp3) is 0.600. The molecule has 0 aliphatic carbocycles. The van der Waals surface area contributed by atoms with Gasteiger partial charge in [0.25, 0.3) is 0 Å². The molecule has 0 radical (unpaired) electrons. The summed E-state index contributed by atoms with van der Waals surface area (Å²) in [5.41, 5.74) is 1.96. The molecule has 1 atom stereocenters. The molecule has 1 heterocycles. The van der Waals surface area contributed by atoms with Gasteiger partial charge in [0.05, 0.1) is 0 Å². The number of ketones is 1. The molecule has 2 heteroatoms. The van der Waals surface area contributed by atoms with Crippen LogP contribution in [0.15, 0.2) is 18.3 Å². The smallest absolute Gasteiger partial charge is 0.164 e. The third kappa shape index (κ3) is 5.12. The highest BCUT2D eigenvalue weighted by Gasteiger charge is 2.18. The molecule has 1 aromatic heterocycles. The van der Waals surface area contributed by atoms with Crippen molar-refractivity contribution in [2.45, 2.75) is 47.5 Å². The van der Waals surface area contributed by atoms with Gasteiger partial charge in [-0.2, -0.15) is 0 Å². The van der Waals surface area contributed by atoms with Gasteiger partial charge < -0.3 is 0 Å². The van der Waals surface area contributed by atoms with Gasteiger partial charge in [0.15, 0.2) is 5.78 Å². The van der Waals surface area contributed by atoms with Gasteiger partial charge in [-0.1, -0.05) is 27.7 Å². The second-order valence-electron chi connectivity index (χ2n) is 6.19. The van der Waals surface area contributed by atoms with E-state index in [1.807, 2.05) is 19.1 Å². The normalized spacial score (nSPS) is 13.5. The predicted molar refractivity (Wildman–Crippen MR) is 71.2 cm³/mol. The van der Waals surface area contributed by atoms with Crippen LogP contribution in [-0.2, 0) is 0 Å². The zero-order valence-electron chi connectivity index (χ0n) is 11.6. The molecule has 94 valence electrons. The van der Waals surface area contributed by atoms with Crippen LogP contribution >= 0.6 is 0 Å². The van der Waals surface area contributed by atoms with Crippen molar-refractivity contribution in [1.29, 1.82) is 0 Å². The van der Waals surface area contributed by atoms with Gasteiger partial charge in [-0.25, -0.2) is 0 Å². The maximum atomic E-state index is 12.0. The Morgan fingerprint density at radius 3 is 2.47 bits per heavy atom. The summed E-state index contributed by atoms with van der Waals surface area (Å²) >= 11 is 0. The van der Waals surface area contributed by atoms with Crippen molar-refractivity contribution in [2.24, 2.45) is 11.3 Å². The lowest BCUT2D eigenvalue weighted by Gasteiger charge is -2.22. The lowest BCUT2D eigenvalue weighted by Crippen LogP contribution is -2.14.